The Labute approximate surface area is 125 Å². The molecule has 0 aliphatic heterocycles. The third kappa shape index (κ3) is 5.83. The molecule has 0 saturated carbocycles. The Hall–Kier alpha value is -2.08. The lowest BCUT2D eigenvalue weighted by atomic mass is 9.85. The molecule has 6 heteroatoms. The SMILES string of the molecule is COC(=O)Nc1ccc(NC(=O)CC(N)C(C)(C)C)cc1. The normalized spacial score (nSPS) is 12.4. The van der Waals surface area contributed by atoms with Crippen LogP contribution in [0.3, 0.4) is 0 Å². The third-order valence-corrected chi connectivity index (χ3v) is 3.12. The Morgan fingerprint density at radius 3 is 2.05 bits per heavy atom. The molecular formula is C15H23N3O3. The highest BCUT2D eigenvalue weighted by atomic mass is 16.5. The van der Waals surface area contributed by atoms with Crippen LogP contribution in [0.2, 0.25) is 0 Å². The first kappa shape index (κ1) is 17.0. The van der Waals surface area contributed by atoms with Crippen LogP contribution in [0.15, 0.2) is 24.3 Å². The number of carbonyl (C=O) groups excluding carboxylic acids is 2. The lowest BCUT2D eigenvalue weighted by molar-refractivity contribution is -0.117. The number of carbonyl (C=O) groups is 2. The lowest BCUT2D eigenvalue weighted by Gasteiger charge is -2.26. The highest BCUT2D eigenvalue weighted by molar-refractivity contribution is 5.91. The van der Waals surface area contributed by atoms with Gasteiger partial charge in [0.05, 0.1) is 7.11 Å². The fraction of sp³-hybridized carbons (Fsp3) is 0.467. The highest BCUT2D eigenvalue weighted by Crippen LogP contribution is 2.20. The van der Waals surface area contributed by atoms with E-state index in [9.17, 15) is 9.59 Å². The molecule has 21 heavy (non-hydrogen) atoms. The first-order valence-electron chi connectivity index (χ1n) is 6.73. The molecule has 1 aromatic rings. The van der Waals surface area contributed by atoms with Gasteiger partial charge >= 0.3 is 6.09 Å². The van der Waals surface area contributed by atoms with Crippen molar-refractivity contribution in [1.29, 1.82) is 0 Å². The van der Waals surface area contributed by atoms with Crippen molar-refractivity contribution in [3.8, 4) is 0 Å². The van der Waals surface area contributed by atoms with Crippen LogP contribution in [0.1, 0.15) is 27.2 Å². The van der Waals surface area contributed by atoms with Crippen molar-refractivity contribution in [2.75, 3.05) is 17.7 Å². The molecule has 4 N–H and O–H groups in total. The minimum Gasteiger partial charge on any atom is -0.453 e. The smallest absolute Gasteiger partial charge is 0.411 e. The molecule has 0 bridgehead atoms. The summed E-state index contributed by atoms with van der Waals surface area (Å²) in [6, 6.07) is 6.54. The van der Waals surface area contributed by atoms with Crippen molar-refractivity contribution in [2.45, 2.75) is 33.2 Å². The highest BCUT2D eigenvalue weighted by Gasteiger charge is 2.23. The summed E-state index contributed by atoms with van der Waals surface area (Å²) < 4.78 is 4.49. The van der Waals surface area contributed by atoms with Crippen LogP contribution in [0, 0.1) is 5.41 Å². The number of rotatable bonds is 4. The van der Waals surface area contributed by atoms with Crippen LogP contribution in [0.4, 0.5) is 16.2 Å². The van der Waals surface area contributed by atoms with Gasteiger partial charge in [0.25, 0.3) is 0 Å². The molecule has 1 rings (SSSR count). The summed E-state index contributed by atoms with van der Waals surface area (Å²) in [5.41, 5.74) is 7.10. The minimum absolute atomic E-state index is 0.119. The summed E-state index contributed by atoms with van der Waals surface area (Å²) in [6.45, 7) is 5.99. The van der Waals surface area contributed by atoms with E-state index in [1.807, 2.05) is 20.8 Å². The van der Waals surface area contributed by atoms with E-state index in [1.54, 1.807) is 24.3 Å². The van der Waals surface area contributed by atoms with Crippen LogP contribution in [-0.4, -0.2) is 25.2 Å². The van der Waals surface area contributed by atoms with E-state index in [0.717, 1.165) is 0 Å². The van der Waals surface area contributed by atoms with Gasteiger partial charge in [0.2, 0.25) is 5.91 Å². The Morgan fingerprint density at radius 2 is 1.62 bits per heavy atom. The number of methoxy groups -OCH3 is 1. The van der Waals surface area contributed by atoms with Crippen molar-refractivity contribution in [3.05, 3.63) is 24.3 Å². The van der Waals surface area contributed by atoms with Gasteiger partial charge in [-0.1, -0.05) is 20.8 Å². The van der Waals surface area contributed by atoms with E-state index in [2.05, 4.69) is 15.4 Å². The average Bonchev–Trinajstić information content (AvgIpc) is 2.39. The van der Waals surface area contributed by atoms with Gasteiger partial charge in [0, 0.05) is 23.8 Å². The van der Waals surface area contributed by atoms with Crippen molar-refractivity contribution >= 4 is 23.4 Å². The molecule has 2 amide bonds. The van der Waals surface area contributed by atoms with E-state index >= 15 is 0 Å². The molecule has 0 aliphatic carbocycles. The second-order valence-corrected chi connectivity index (χ2v) is 5.92. The van der Waals surface area contributed by atoms with E-state index in [-0.39, 0.29) is 23.8 Å². The first-order valence-corrected chi connectivity index (χ1v) is 6.73. The monoisotopic (exact) mass is 293 g/mol. The first-order chi connectivity index (χ1) is 9.72. The van der Waals surface area contributed by atoms with E-state index in [0.29, 0.717) is 11.4 Å². The molecule has 0 aliphatic rings. The van der Waals surface area contributed by atoms with Gasteiger partial charge in [-0.25, -0.2) is 4.79 Å². The molecule has 0 spiro atoms. The number of amides is 2. The van der Waals surface area contributed by atoms with Crippen LogP contribution < -0.4 is 16.4 Å². The Bertz CT molecular complexity index is 492. The average molecular weight is 293 g/mol. The molecule has 1 unspecified atom stereocenters. The molecule has 1 atom stereocenters. The molecule has 116 valence electrons. The summed E-state index contributed by atoms with van der Waals surface area (Å²) in [5.74, 6) is -0.133. The summed E-state index contributed by atoms with van der Waals surface area (Å²) >= 11 is 0. The molecular weight excluding hydrogens is 270 g/mol. The van der Waals surface area contributed by atoms with Crippen molar-refractivity contribution < 1.29 is 14.3 Å². The quantitative estimate of drug-likeness (QED) is 0.795. The van der Waals surface area contributed by atoms with Crippen LogP contribution in [0.5, 0.6) is 0 Å². The number of hydrogen-bond donors (Lipinski definition) is 3. The molecule has 0 fully saturated rings. The fourth-order valence-corrected chi connectivity index (χ4v) is 1.52. The molecule has 0 saturated heterocycles. The van der Waals surface area contributed by atoms with E-state index < -0.39 is 6.09 Å². The molecule has 0 aromatic heterocycles. The van der Waals surface area contributed by atoms with Crippen molar-refractivity contribution in [2.24, 2.45) is 11.1 Å². The maximum atomic E-state index is 11.9. The second-order valence-electron chi connectivity index (χ2n) is 5.92. The maximum absolute atomic E-state index is 11.9. The molecule has 6 nitrogen and oxygen atoms in total. The van der Waals surface area contributed by atoms with E-state index in [1.165, 1.54) is 7.11 Å². The summed E-state index contributed by atoms with van der Waals surface area (Å²) in [4.78, 5) is 22.9. The third-order valence-electron chi connectivity index (χ3n) is 3.12. The topological polar surface area (TPSA) is 93.5 Å². The fourth-order valence-electron chi connectivity index (χ4n) is 1.52. The number of benzene rings is 1. The number of nitrogens with two attached hydrogens (primary N) is 1. The lowest BCUT2D eigenvalue weighted by Crippen LogP contribution is -2.38. The Balaban J connectivity index is 2.56. The molecule has 0 heterocycles. The zero-order chi connectivity index (χ0) is 16.0. The zero-order valence-corrected chi connectivity index (χ0v) is 12.9. The largest absolute Gasteiger partial charge is 0.453 e. The Morgan fingerprint density at radius 1 is 1.14 bits per heavy atom. The predicted octanol–water partition coefficient (Wildman–Crippen LogP) is 2.57. The number of anilines is 2. The minimum atomic E-state index is -0.539. The van der Waals surface area contributed by atoms with Gasteiger partial charge in [0.1, 0.15) is 0 Å². The maximum Gasteiger partial charge on any atom is 0.411 e. The molecule has 1 aromatic carbocycles. The van der Waals surface area contributed by atoms with Gasteiger partial charge in [0.15, 0.2) is 0 Å². The van der Waals surface area contributed by atoms with E-state index in [4.69, 9.17) is 5.73 Å². The van der Waals surface area contributed by atoms with Crippen LogP contribution in [0.25, 0.3) is 0 Å². The van der Waals surface area contributed by atoms with Gasteiger partial charge in [-0.2, -0.15) is 0 Å². The summed E-state index contributed by atoms with van der Waals surface area (Å²) in [7, 11) is 1.29. The summed E-state index contributed by atoms with van der Waals surface area (Å²) in [6.07, 6.45) is -0.283. The predicted molar refractivity (Wildman–Crippen MR) is 83.1 cm³/mol. The van der Waals surface area contributed by atoms with Crippen LogP contribution in [-0.2, 0) is 9.53 Å². The Kier molecular flexibility index (Phi) is 5.72. The second kappa shape index (κ2) is 7.08. The standard InChI is InChI=1S/C15H23N3O3/c1-15(2,3)12(16)9-13(19)17-10-5-7-11(8-6-10)18-14(20)21-4/h5-8,12H,9,16H2,1-4H3,(H,17,19)(H,18,20). The number of nitrogens with one attached hydrogen (secondary N) is 2. The zero-order valence-electron chi connectivity index (χ0n) is 12.9. The van der Waals surface area contributed by atoms with Crippen molar-refractivity contribution in [1.82, 2.24) is 0 Å². The van der Waals surface area contributed by atoms with Gasteiger partial charge in [-0.3, -0.25) is 10.1 Å². The van der Waals surface area contributed by atoms with Gasteiger partial charge in [-0.05, 0) is 29.7 Å². The van der Waals surface area contributed by atoms with Crippen LogP contribution >= 0.6 is 0 Å². The number of hydrogen-bond acceptors (Lipinski definition) is 4. The molecule has 0 radical (unpaired) electrons. The van der Waals surface area contributed by atoms with Gasteiger partial charge in [-0.15, -0.1) is 0 Å². The van der Waals surface area contributed by atoms with Crippen molar-refractivity contribution in [3.63, 3.8) is 0 Å². The number of ether oxygens (including phenoxy) is 1. The van der Waals surface area contributed by atoms with Gasteiger partial charge < -0.3 is 15.8 Å². The summed E-state index contributed by atoms with van der Waals surface area (Å²) in [5, 5.41) is 5.31.